The predicted molar refractivity (Wildman–Crippen MR) is 78.1 cm³/mol. The van der Waals surface area contributed by atoms with E-state index < -0.39 is 12.1 Å². The van der Waals surface area contributed by atoms with Crippen LogP contribution in [0, 0.1) is 0 Å². The topological polar surface area (TPSA) is 26.3 Å². The molecule has 21 heavy (non-hydrogen) atoms. The minimum absolute atomic E-state index is 0.129. The van der Waals surface area contributed by atoms with Crippen molar-refractivity contribution in [1.29, 1.82) is 0 Å². The van der Waals surface area contributed by atoms with Gasteiger partial charge >= 0.3 is 12.1 Å². The van der Waals surface area contributed by atoms with E-state index in [-0.39, 0.29) is 6.61 Å². The normalized spacial score (nSPS) is 11.6. The van der Waals surface area contributed by atoms with Crippen molar-refractivity contribution in [2.45, 2.75) is 90.1 Å². The minimum Gasteiger partial charge on any atom is -0.459 e. The number of ether oxygens (including phenoxy) is 1. The zero-order valence-corrected chi connectivity index (χ0v) is 13.1. The third-order valence-corrected chi connectivity index (χ3v) is 3.46. The average Bonchev–Trinajstić information content (AvgIpc) is 2.42. The first kappa shape index (κ1) is 20.3. The van der Waals surface area contributed by atoms with Crippen LogP contribution in [0.4, 0.5) is 13.2 Å². The van der Waals surface area contributed by atoms with Crippen molar-refractivity contribution in [3.63, 3.8) is 0 Å². The Morgan fingerprint density at radius 1 is 0.762 bits per heavy atom. The molecule has 0 radical (unpaired) electrons. The highest BCUT2D eigenvalue weighted by Gasteiger charge is 2.40. The lowest BCUT2D eigenvalue weighted by Gasteiger charge is -2.07. The number of carbonyl (C=O) groups is 1. The summed E-state index contributed by atoms with van der Waals surface area (Å²) in [6.07, 6.45) is 8.90. The number of alkyl halides is 3. The lowest BCUT2D eigenvalue weighted by molar-refractivity contribution is -0.199. The molecule has 0 N–H and O–H groups in total. The van der Waals surface area contributed by atoms with E-state index in [1.54, 1.807) is 0 Å². The Morgan fingerprint density at radius 2 is 1.14 bits per heavy atom. The van der Waals surface area contributed by atoms with Crippen LogP contribution < -0.4 is 0 Å². The van der Waals surface area contributed by atoms with Crippen LogP contribution in [0.3, 0.4) is 0 Å². The van der Waals surface area contributed by atoms with Crippen LogP contribution in [0.5, 0.6) is 0 Å². The van der Waals surface area contributed by atoms with E-state index in [4.69, 9.17) is 0 Å². The van der Waals surface area contributed by atoms with Gasteiger partial charge in [-0.25, -0.2) is 4.79 Å². The first-order valence-corrected chi connectivity index (χ1v) is 8.22. The van der Waals surface area contributed by atoms with Gasteiger partial charge in [-0.05, 0) is 6.42 Å². The van der Waals surface area contributed by atoms with Crippen LogP contribution in [0.1, 0.15) is 84.0 Å². The maximum atomic E-state index is 11.8. The molecule has 0 saturated heterocycles. The third-order valence-electron chi connectivity index (χ3n) is 3.46. The molecule has 0 fully saturated rings. The van der Waals surface area contributed by atoms with Crippen molar-refractivity contribution in [1.82, 2.24) is 0 Å². The second-order valence-corrected chi connectivity index (χ2v) is 5.52. The number of unbranched alkanes of at least 4 members (excludes halogenated alkanes) is 11. The highest BCUT2D eigenvalue weighted by Crippen LogP contribution is 2.17. The Kier molecular flexibility index (Phi) is 12.5. The summed E-state index contributed by atoms with van der Waals surface area (Å²) >= 11 is 0. The highest BCUT2D eigenvalue weighted by molar-refractivity contribution is 5.75. The maximum Gasteiger partial charge on any atom is 0.490 e. The number of carbonyl (C=O) groups excluding carboxylic acids is 1. The number of esters is 1. The van der Waals surface area contributed by atoms with E-state index in [1.165, 1.54) is 51.4 Å². The lowest BCUT2D eigenvalue weighted by Crippen LogP contribution is -2.25. The smallest absolute Gasteiger partial charge is 0.459 e. The average molecular weight is 310 g/mol. The van der Waals surface area contributed by atoms with Crippen LogP contribution in [0.25, 0.3) is 0 Å². The quantitative estimate of drug-likeness (QED) is 0.318. The Balaban J connectivity index is 3.14. The molecule has 2 nitrogen and oxygen atoms in total. The van der Waals surface area contributed by atoms with Gasteiger partial charge in [-0.2, -0.15) is 13.2 Å². The largest absolute Gasteiger partial charge is 0.490 e. The molecule has 5 heteroatoms. The van der Waals surface area contributed by atoms with Crippen molar-refractivity contribution >= 4 is 5.97 Å². The molecule has 0 bridgehead atoms. The summed E-state index contributed by atoms with van der Waals surface area (Å²) in [6, 6.07) is 0. The maximum absolute atomic E-state index is 11.8. The third kappa shape index (κ3) is 14.0. The van der Waals surface area contributed by atoms with Gasteiger partial charge in [0.1, 0.15) is 0 Å². The van der Waals surface area contributed by atoms with E-state index in [0.29, 0.717) is 6.42 Å². The molecular formula is C16H29F3O2. The molecular weight excluding hydrogens is 281 g/mol. The molecule has 0 spiro atoms. The SMILES string of the molecule is CCCCCCCCCCCCCCOC(=O)C(F)(F)F. The van der Waals surface area contributed by atoms with Crippen molar-refractivity contribution in [3.8, 4) is 0 Å². The van der Waals surface area contributed by atoms with Crippen LogP contribution >= 0.6 is 0 Å². The monoisotopic (exact) mass is 310 g/mol. The minimum atomic E-state index is -4.86. The summed E-state index contributed by atoms with van der Waals surface area (Å²) in [5.41, 5.74) is 0. The van der Waals surface area contributed by atoms with Crippen molar-refractivity contribution in [2.75, 3.05) is 6.61 Å². The van der Waals surface area contributed by atoms with Crippen molar-refractivity contribution < 1.29 is 22.7 Å². The van der Waals surface area contributed by atoms with Crippen LogP contribution in [-0.4, -0.2) is 18.8 Å². The zero-order valence-electron chi connectivity index (χ0n) is 13.1. The van der Waals surface area contributed by atoms with Gasteiger partial charge < -0.3 is 4.74 Å². The Bertz CT molecular complexity index is 252. The van der Waals surface area contributed by atoms with Crippen molar-refractivity contribution in [2.24, 2.45) is 0 Å². The molecule has 0 aromatic rings. The van der Waals surface area contributed by atoms with E-state index in [1.807, 2.05) is 0 Å². The van der Waals surface area contributed by atoms with E-state index in [0.717, 1.165) is 19.3 Å². The molecule has 0 aliphatic carbocycles. The van der Waals surface area contributed by atoms with E-state index in [2.05, 4.69) is 11.7 Å². The Labute approximate surface area is 126 Å². The molecule has 0 aromatic heterocycles. The van der Waals surface area contributed by atoms with Crippen LogP contribution in [0.15, 0.2) is 0 Å². The Hall–Kier alpha value is -0.740. The van der Waals surface area contributed by atoms with Gasteiger partial charge in [0.2, 0.25) is 0 Å². The highest BCUT2D eigenvalue weighted by atomic mass is 19.4. The first-order valence-electron chi connectivity index (χ1n) is 8.22. The summed E-state index contributed by atoms with van der Waals surface area (Å²) < 4.78 is 39.6. The zero-order chi connectivity index (χ0) is 16.0. The van der Waals surface area contributed by atoms with Gasteiger partial charge in [0.25, 0.3) is 0 Å². The van der Waals surface area contributed by atoms with Gasteiger partial charge in [-0.3, -0.25) is 0 Å². The van der Waals surface area contributed by atoms with Gasteiger partial charge in [0.15, 0.2) is 0 Å². The molecule has 0 atom stereocenters. The first-order chi connectivity index (χ1) is 9.98. The molecule has 0 saturated carbocycles. The molecule has 126 valence electrons. The molecule has 0 unspecified atom stereocenters. The van der Waals surface area contributed by atoms with Crippen LogP contribution in [-0.2, 0) is 9.53 Å². The fourth-order valence-corrected chi connectivity index (χ4v) is 2.19. The second-order valence-electron chi connectivity index (χ2n) is 5.52. The number of rotatable bonds is 13. The molecule has 0 aromatic carbocycles. The fraction of sp³-hybridized carbons (Fsp3) is 0.938. The summed E-state index contributed by atoms with van der Waals surface area (Å²) in [6.45, 7) is 2.08. The van der Waals surface area contributed by atoms with Gasteiger partial charge in [-0.15, -0.1) is 0 Å². The van der Waals surface area contributed by atoms with Gasteiger partial charge in [-0.1, -0.05) is 77.6 Å². The van der Waals surface area contributed by atoms with Crippen LogP contribution in [0.2, 0.25) is 0 Å². The summed E-state index contributed by atoms with van der Waals surface area (Å²) in [4.78, 5) is 10.4. The molecule has 0 heterocycles. The molecule has 0 aliphatic heterocycles. The summed E-state index contributed by atoms with van der Waals surface area (Å²) in [5.74, 6) is -2.08. The number of hydrogen-bond donors (Lipinski definition) is 0. The lowest BCUT2D eigenvalue weighted by atomic mass is 10.1. The van der Waals surface area contributed by atoms with Gasteiger partial charge in [0, 0.05) is 0 Å². The number of hydrogen-bond acceptors (Lipinski definition) is 2. The van der Waals surface area contributed by atoms with E-state index >= 15 is 0 Å². The molecule has 0 amide bonds. The van der Waals surface area contributed by atoms with E-state index in [9.17, 15) is 18.0 Å². The summed E-state index contributed by atoms with van der Waals surface area (Å²) in [5, 5.41) is 0. The fourth-order valence-electron chi connectivity index (χ4n) is 2.19. The standard InChI is InChI=1S/C16H29F3O2/c1-2-3-4-5-6-7-8-9-10-11-12-13-14-21-15(20)16(17,18)19/h2-14H2,1H3. The number of halogens is 3. The Morgan fingerprint density at radius 3 is 1.52 bits per heavy atom. The molecule has 0 rings (SSSR count). The van der Waals surface area contributed by atoms with Crippen molar-refractivity contribution in [3.05, 3.63) is 0 Å². The predicted octanol–water partition coefficient (Wildman–Crippen LogP) is 5.79. The molecule has 0 aliphatic rings. The second kappa shape index (κ2) is 13.0. The summed E-state index contributed by atoms with van der Waals surface area (Å²) in [7, 11) is 0. The van der Waals surface area contributed by atoms with Gasteiger partial charge in [0.05, 0.1) is 6.61 Å².